The van der Waals surface area contributed by atoms with Gasteiger partial charge in [-0.2, -0.15) is 11.3 Å². The van der Waals surface area contributed by atoms with E-state index in [1.165, 1.54) is 5.56 Å². The molecule has 0 fully saturated rings. The van der Waals surface area contributed by atoms with Crippen molar-refractivity contribution in [3.63, 3.8) is 0 Å². The monoisotopic (exact) mass is 217 g/mol. The summed E-state index contributed by atoms with van der Waals surface area (Å²) in [6.07, 6.45) is 0. The summed E-state index contributed by atoms with van der Waals surface area (Å²) in [6.45, 7) is 0.702. The molecule has 3 rings (SSSR count). The summed E-state index contributed by atoms with van der Waals surface area (Å²) in [4.78, 5) is 0. The van der Waals surface area contributed by atoms with Gasteiger partial charge in [0.2, 0.25) is 0 Å². The minimum Gasteiger partial charge on any atom is -0.489 e. The van der Waals surface area contributed by atoms with E-state index >= 15 is 0 Å². The maximum Gasteiger partial charge on any atom is 0.142 e. The Kier molecular flexibility index (Phi) is 2.10. The van der Waals surface area contributed by atoms with Gasteiger partial charge < -0.3 is 10.1 Å². The molecule has 1 aromatic heterocycles. The lowest BCUT2D eigenvalue weighted by Crippen LogP contribution is -2.23. The van der Waals surface area contributed by atoms with Crippen LogP contribution < -0.4 is 10.1 Å². The molecule has 1 unspecified atom stereocenters. The highest BCUT2D eigenvalue weighted by Crippen LogP contribution is 2.33. The van der Waals surface area contributed by atoms with Gasteiger partial charge in [0.1, 0.15) is 12.4 Å². The van der Waals surface area contributed by atoms with E-state index in [1.54, 1.807) is 11.3 Å². The molecule has 1 atom stereocenters. The summed E-state index contributed by atoms with van der Waals surface area (Å²) in [5.41, 5.74) is 2.38. The van der Waals surface area contributed by atoms with Gasteiger partial charge in [0.15, 0.2) is 0 Å². The van der Waals surface area contributed by atoms with Crippen LogP contribution in [0.3, 0.4) is 0 Å². The van der Waals surface area contributed by atoms with Crippen molar-refractivity contribution in [2.75, 3.05) is 11.9 Å². The first kappa shape index (κ1) is 8.80. The number of nitrogens with one attached hydrogen (secondary N) is 1. The number of anilines is 1. The molecule has 2 nitrogen and oxygen atoms in total. The predicted molar refractivity (Wildman–Crippen MR) is 62.6 cm³/mol. The van der Waals surface area contributed by atoms with Crippen molar-refractivity contribution in [1.82, 2.24) is 0 Å². The summed E-state index contributed by atoms with van der Waals surface area (Å²) >= 11 is 1.72. The minimum absolute atomic E-state index is 0.283. The van der Waals surface area contributed by atoms with Gasteiger partial charge in [-0.3, -0.25) is 0 Å². The first-order chi connectivity index (χ1) is 7.43. The molecule has 1 N–H and O–H groups in total. The Labute approximate surface area is 92.5 Å². The lowest BCUT2D eigenvalue weighted by atomic mass is 10.1. The molecule has 2 heterocycles. The highest BCUT2D eigenvalue weighted by atomic mass is 32.1. The molecule has 0 aliphatic carbocycles. The van der Waals surface area contributed by atoms with E-state index in [9.17, 15) is 0 Å². The number of fused-ring (bicyclic) bond motifs is 1. The van der Waals surface area contributed by atoms with Crippen LogP contribution in [0.25, 0.3) is 0 Å². The molecule has 2 aromatic rings. The van der Waals surface area contributed by atoms with Crippen LogP contribution in [0.5, 0.6) is 5.75 Å². The number of hydrogen-bond donors (Lipinski definition) is 1. The maximum atomic E-state index is 5.70. The highest BCUT2D eigenvalue weighted by Gasteiger charge is 2.19. The second kappa shape index (κ2) is 3.59. The molecule has 0 saturated heterocycles. The third kappa shape index (κ3) is 1.59. The Morgan fingerprint density at radius 3 is 3.07 bits per heavy atom. The smallest absolute Gasteiger partial charge is 0.142 e. The van der Waals surface area contributed by atoms with Crippen LogP contribution in [-0.2, 0) is 0 Å². The number of thiophene rings is 1. The molecule has 0 spiro atoms. The largest absolute Gasteiger partial charge is 0.489 e. The van der Waals surface area contributed by atoms with Crippen molar-refractivity contribution >= 4 is 17.0 Å². The third-order valence-corrected chi connectivity index (χ3v) is 3.27. The molecule has 15 heavy (non-hydrogen) atoms. The quantitative estimate of drug-likeness (QED) is 0.791. The maximum absolute atomic E-state index is 5.70. The van der Waals surface area contributed by atoms with Crippen LogP contribution in [0.4, 0.5) is 5.69 Å². The molecule has 0 amide bonds. The topological polar surface area (TPSA) is 21.3 Å². The SMILES string of the molecule is c1ccc2c(c1)NC(c1ccsc1)CO2. The van der Waals surface area contributed by atoms with Crippen LogP contribution in [-0.4, -0.2) is 6.61 Å². The lowest BCUT2D eigenvalue weighted by molar-refractivity contribution is 0.287. The van der Waals surface area contributed by atoms with Crippen molar-refractivity contribution in [3.05, 3.63) is 46.7 Å². The molecule has 0 radical (unpaired) electrons. The Balaban J connectivity index is 1.89. The second-order valence-electron chi connectivity index (χ2n) is 3.56. The Hall–Kier alpha value is -1.48. The average molecular weight is 217 g/mol. The first-order valence-corrected chi connectivity index (χ1v) is 5.88. The number of hydrogen-bond acceptors (Lipinski definition) is 3. The average Bonchev–Trinajstić information content (AvgIpc) is 2.82. The van der Waals surface area contributed by atoms with E-state index in [2.05, 4.69) is 22.1 Å². The zero-order valence-corrected chi connectivity index (χ0v) is 8.96. The normalized spacial score (nSPS) is 18.8. The summed E-state index contributed by atoms with van der Waals surface area (Å²) in [5.74, 6) is 0.948. The molecular weight excluding hydrogens is 206 g/mol. The number of ether oxygens (including phenoxy) is 1. The van der Waals surface area contributed by atoms with Crippen LogP contribution in [0.15, 0.2) is 41.1 Å². The summed E-state index contributed by atoms with van der Waals surface area (Å²) in [7, 11) is 0. The molecule has 0 saturated carbocycles. The number of rotatable bonds is 1. The number of para-hydroxylation sites is 2. The van der Waals surface area contributed by atoms with E-state index in [1.807, 2.05) is 24.3 Å². The van der Waals surface area contributed by atoms with Gasteiger partial charge in [0, 0.05) is 0 Å². The molecule has 0 bridgehead atoms. The highest BCUT2D eigenvalue weighted by molar-refractivity contribution is 7.08. The first-order valence-electron chi connectivity index (χ1n) is 4.94. The zero-order chi connectivity index (χ0) is 10.1. The van der Waals surface area contributed by atoms with E-state index in [-0.39, 0.29) is 6.04 Å². The van der Waals surface area contributed by atoms with Gasteiger partial charge in [0.05, 0.1) is 11.7 Å². The zero-order valence-electron chi connectivity index (χ0n) is 8.14. The van der Waals surface area contributed by atoms with E-state index in [0.29, 0.717) is 6.61 Å². The fourth-order valence-electron chi connectivity index (χ4n) is 1.77. The summed E-state index contributed by atoms with van der Waals surface area (Å²) in [6, 6.07) is 10.5. The van der Waals surface area contributed by atoms with Crippen LogP contribution in [0, 0.1) is 0 Å². The summed E-state index contributed by atoms with van der Waals surface area (Å²) < 4.78 is 5.70. The molecule has 76 valence electrons. The molecule has 3 heteroatoms. The van der Waals surface area contributed by atoms with Crippen molar-refractivity contribution < 1.29 is 4.74 Å². The standard InChI is InChI=1S/C12H11NOS/c1-2-4-12-10(3-1)13-11(7-14-12)9-5-6-15-8-9/h1-6,8,11,13H,7H2. The van der Waals surface area contributed by atoms with Gasteiger partial charge in [0.25, 0.3) is 0 Å². The van der Waals surface area contributed by atoms with Crippen LogP contribution in [0.1, 0.15) is 11.6 Å². The van der Waals surface area contributed by atoms with Crippen LogP contribution >= 0.6 is 11.3 Å². The van der Waals surface area contributed by atoms with E-state index in [4.69, 9.17) is 4.74 Å². The van der Waals surface area contributed by atoms with Gasteiger partial charge >= 0.3 is 0 Å². The van der Waals surface area contributed by atoms with Crippen molar-refractivity contribution in [1.29, 1.82) is 0 Å². The van der Waals surface area contributed by atoms with Gasteiger partial charge in [-0.25, -0.2) is 0 Å². The minimum atomic E-state index is 0.283. The van der Waals surface area contributed by atoms with E-state index in [0.717, 1.165) is 11.4 Å². The van der Waals surface area contributed by atoms with E-state index < -0.39 is 0 Å². The second-order valence-corrected chi connectivity index (χ2v) is 4.34. The Bertz CT molecular complexity index is 452. The van der Waals surface area contributed by atoms with Crippen molar-refractivity contribution in [2.45, 2.75) is 6.04 Å². The van der Waals surface area contributed by atoms with Crippen LogP contribution in [0.2, 0.25) is 0 Å². The van der Waals surface area contributed by atoms with Crippen molar-refractivity contribution in [3.8, 4) is 5.75 Å². The Morgan fingerprint density at radius 2 is 2.20 bits per heavy atom. The molecule has 1 aliphatic rings. The summed E-state index contributed by atoms with van der Waals surface area (Å²) in [5, 5.41) is 7.74. The fourth-order valence-corrected chi connectivity index (χ4v) is 2.48. The fraction of sp³-hybridized carbons (Fsp3) is 0.167. The molecular formula is C12H11NOS. The number of benzene rings is 1. The van der Waals surface area contributed by atoms with Crippen molar-refractivity contribution in [2.24, 2.45) is 0 Å². The molecule has 1 aromatic carbocycles. The lowest BCUT2D eigenvalue weighted by Gasteiger charge is -2.26. The van der Waals surface area contributed by atoms with Gasteiger partial charge in [-0.05, 0) is 34.5 Å². The Morgan fingerprint density at radius 1 is 1.27 bits per heavy atom. The van der Waals surface area contributed by atoms with Gasteiger partial charge in [-0.1, -0.05) is 12.1 Å². The third-order valence-electron chi connectivity index (χ3n) is 2.57. The predicted octanol–water partition coefficient (Wildman–Crippen LogP) is 3.29. The van der Waals surface area contributed by atoms with Gasteiger partial charge in [-0.15, -0.1) is 0 Å². The molecule has 1 aliphatic heterocycles.